The highest BCUT2D eigenvalue weighted by atomic mass is 32.2. The van der Waals surface area contributed by atoms with Gasteiger partial charge in [0.1, 0.15) is 10.6 Å². The molecule has 1 aromatic rings. The van der Waals surface area contributed by atoms with Crippen molar-refractivity contribution < 1.29 is 18.0 Å². The second-order valence-corrected chi connectivity index (χ2v) is 9.10. The number of piperidine rings is 1. The Balaban J connectivity index is 2.00. The molecule has 128 valence electrons. The highest BCUT2D eigenvalue weighted by Gasteiger charge is 2.33. The summed E-state index contributed by atoms with van der Waals surface area (Å²) in [5.41, 5.74) is 0.715. The fraction of sp³-hybridized carbons (Fsp3) is 0.643. The van der Waals surface area contributed by atoms with Crippen molar-refractivity contribution in [3.05, 3.63) is 15.6 Å². The molecule has 0 aliphatic carbocycles. The third kappa shape index (κ3) is 4.08. The fourth-order valence-corrected chi connectivity index (χ4v) is 5.23. The van der Waals surface area contributed by atoms with Crippen LogP contribution < -0.4 is 5.32 Å². The van der Waals surface area contributed by atoms with Crippen molar-refractivity contribution in [3.63, 3.8) is 0 Å². The van der Waals surface area contributed by atoms with E-state index in [1.165, 1.54) is 18.4 Å². The first-order valence-corrected chi connectivity index (χ1v) is 9.93. The fourth-order valence-electron chi connectivity index (χ4n) is 2.66. The number of hydrogen-bond donors (Lipinski definition) is 1. The van der Waals surface area contributed by atoms with Gasteiger partial charge in [-0.15, -0.1) is 11.3 Å². The summed E-state index contributed by atoms with van der Waals surface area (Å²) in [4.78, 5) is 30.4. The number of nitrogens with one attached hydrogen (secondary N) is 1. The minimum Gasteiger partial charge on any atom is -0.358 e. The quantitative estimate of drug-likeness (QED) is 0.846. The number of likely N-dealkylation sites (tertiary alicyclic amines) is 1. The van der Waals surface area contributed by atoms with E-state index in [1.807, 2.05) is 6.92 Å². The lowest BCUT2D eigenvalue weighted by Gasteiger charge is -2.31. The molecular weight excluding hydrogens is 338 g/mol. The number of aromatic nitrogens is 1. The predicted octanol–water partition coefficient (Wildman–Crippen LogP) is 0.525. The van der Waals surface area contributed by atoms with Crippen molar-refractivity contribution in [1.82, 2.24) is 15.2 Å². The highest BCUT2D eigenvalue weighted by molar-refractivity contribution is 7.92. The molecule has 1 saturated heterocycles. The molecule has 0 saturated carbocycles. The molecule has 2 rings (SSSR count). The summed E-state index contributed by atoms with van der Waals surface area (Å²) in [6.45, 7) is 4.42. The molecule has 9 heteroatoms. The van der Waals surface area contributed by atoms with Gasteiger partial charge in [0, 0.05) is 20.1 Å². The van der Waals surface area contributed by atoms with Crippen LogP contribution in [0.4, 0.5) is 0 Å². The van der Waals surface area contributed by atoms with Gasteiger partial charge in [0.15, 0.2) is 9.84 Å². The summed E-state index contributed by atoms with van der Waals surface area (Å²) in [5, 5.41) is 2.61. The number of aryl methyl sites for hydroxylation is 2. The lowest BCUT2D eigenvalue weighted by atomic mass is 10.1. The van der Waals surface area contributed by atoms with E-state index in [-0.39, 0.29) is 5.91 Å². The predicted molar refractivity (Wildman–Crippen MR) is 88.4 cm³/mol. The number of hydrogen-bond acceptors (Lipinski definition) is 6. The molecule has 7 nitrogen and oxygen atoms in total. The molecule has 0 spiro atoms. The Morgan fingerprint density at radius 3 is 2.39 bits per heavy atom. The zero-order valence-electron chi connectivity index (χ0n) is 13.5. The largest absolute Gasteiger partial charge is 0.358 e. The molecule has 2 heterocycles. The monoisotopic (exact) mass is 359 g/mol. The Hall–Kier alpha value is -1.48. The maximum atomic E-state index is 12.5. The highest BCUT2D eigenvalue weighted by Crippen LogP contribution is 2.24. The average molecular weight is 359 g/mol. The number of carbonyl (C=O) groups is 2. The van der Waals surface area contributed by atoms with Crippen molar-refractivity contribution in [1.29, 1.82) is 0 Å². The van der Waals surface area contributed by atoms with Gasteiger partial charge in [-0.25, -0.2) is 13.4 Å². The molecule has 0 atom stereocenters. The third-order valence-corrected chi connectivity index (χ3v) is 7.16. The van der Waals surface area contributed by atoms with E-state index in [9.17, 15) is 18.0 Å². The summed E-state index contributed by atoms with van der Waals surface area (Å²) in [6, 6.07) is 0. The first kappa shape index (κ1) is 17.9. The number of sulfone groups is 1. The molecule has 0 aromatic carbocycles. The van der Waals surface area contributed by atoms with Crippen molar-refractivity contribution >= 4 is 33.0 Å². The number of thiazole rings is 1. The van der Waals surface area contributed by atoms with Gasteiger partial charge in [-0.3, -0.25) is 9.59 Å². The van der Waals surface area contributed by atoms with Gasteiger partial charge in [0.05, 0.1) is 16.0 Å². The van der Waals surface area contributed by atoms with Gasteiger partial charge in [0.2, 0.25) is 5.91 Å². The van der Waals surface area contributed by atoms with E-state index in [0.717, 1.165) is 5.01 Å². The van der Waals surface area contributed by atoms with Crippen LogP contribution in [-0.4, -0.2) is 61.3 Å². The second kappa shape index (κ2) is 6.96. The van der Waals surface area contributed by atoms with E-state index in [4.69, 9.17) is 0 Å². The van der Waals surface area contributed by atoms with Crippen molar-refractivity contribution in [2.75, 3.05) is 25.9 Å². The molecule has 1 aliphatic rings. The topological polar surface area (TPSA) is 96.4 Å². The van der Waals surface area contributed by atoms with Gasteiger partial charge < -0.3 is 10.2 Å². The SMILES string of the molecule is CNC(=O)CS(=O)(=O)C1CCN(C(=O)c2sc(C)nc2C)CC1. The van der Waals surface area contributed by atoms with Crippen molar-refractivity contribution in [3.8, 4) is 0 Å². The molecule has 1 aromatic heterocycles. The van der Waals surface area contributed by atoms with Crippen LogP contribution in [0.2, 0.25) is 0 Å². The smallest absolute Gasteiger partial charge is 0.265 e. The number of carbonyl (C=O) groups excluding carboxylic acids is 2. The molecule has 0 bridgehead atoms. The van der Waals surface area contributed by atoms with Gasteiger partial charge in [-0.2, -0.15) is 0 Å². The van der Waals surface area contributed by atoms with Crippen LogP contribution in [0.25, 0.3) is 0 Å². The summed E-state index contributed by atoms with van der Waals surface area (Å²) in [7, 11) is -2.06. The lowest BCUT2D eigenvalue weighted by molar-refractivity contribution is -0.118. The number of nitrogens with zero attached hydrogens (tertiary/aromatic N) is 2. The Morgan fingerprint density at radius 1 is 1.30 bits per heavy atom. The van der Waals surface area contributed by atoms with Crippen LogP contribution in [0.15, 0.2) is 0 Å². The van der Waals surface area contributed by atoms with Gasteiger partial charge in [0.25, 0.3) is 5.91 Å². The third-order valence-electron chi connectivity index (χ3n) is 3.95. The van der Waals surface area contributed by atoms with Crippen LogP contribution in [0.3, 0.4) is 0 Å². The summed E-state index contributed by atoms with van der Waals surface area (Å²) >= 11 is 1.36. The van der Waals surface area contributed by atoms with Gasteiger partial charge in [-0.05, 0) is 26.7 Å². The average Bonchev–Trinajstić information content (AvgIpc) is 2.84. The van der Waals surface area contributed by atoms with Gasteiger partial charge in [-0.1, -0.05) is 0 Å². The number of amides is 2. The molecule has 1 aliphatic heterocycles. The van der Waals surface area contributed by atoms with Crippen LogP contribution in [-0.2, 0) is 14.6 Å². The maximum Gasteiger partial charge on any atom is 0.265 e. The maximum absolute atomic E-state index is 12.5. The Kier molecular flexibility index (Phi) is 5.41. The first-order valence-electron chi connectivity index (χ1n) is 7.40. The van der Waals surface area contributed by atoms with E-state index in [2.05, 4.69) is 10.3 Å². The summed E-state index contributed by atoms with van der Waals surface area (Å²) in [5.74, 6) is -1.08. The zero-order chi connectivity index (χ0) is 17.2. The van der Waals surface area contributed by atoms with Crippen LogP contribution in [0.1, 0.15) is 33.2 Å². The molecule has 0 radical (unpaired) electrons. The van der Waals surface area contributed by atoms with E-state index in [1.54, 1.807) is 11.8 Å². The van der Waals surface area contributed by atoms with Crippen LogP contribution in [0, 0.1) is 13.8 Å². The first-order chi connectivity index (χ1) is 10.7. The molecule has 23 heavy (non-hydrogen) atoms. The molecule has 1 N–H and O–H groups in total. The second-order valence-electron chi connectivity index (χ2n) is 5.62. The van der Waals surface area contributed by atoms with Crippen molar-refractivity contribution in [2.45, 2.75) is 31.9 Å². The molecular formula is C14H21N3O4S2. The van der Waals surface area contributed by atoms with Crippen molar-refractivity contribution in [2.24, 2.45) is 0 Å². The summed E-state index contributed by atoms with van der Waals surface area (Å²) in [6.07, 6.45) is 0.726. The Bertz CT molecular complexity index is 704. The normalized spacial score (nSPS) is 16.4. The van der Waals surface area contributed by atoms with E-state index < -0.39 is 26.7 Å². The minimum atomic E-state index is -3.47. The molecule has 2 amide bonds. The zero-order valence-corrected chi connectivity index (χ0v) is 15.1. The van der Waals surface area contributed by atoms with Crippen LogP contribution >= 0.6 is 11.3 Å². The lowest BCUT2D eigenvalue weighted by Crippen LogP contribution is -2.44. The standard InChI is InChI=1S/C14H21N3O4S2/c1-9-13(22-10(2)16-9)14(19)17-6-4-11(5-7-17)23(20,21)8-12(18)15-3/h11H,4-8H2,1-3H3,(H,15,18). The Morgan fingerprint density at radius 2 is 1.91 bits per heavy atom. The van der Waals surface area contributed by atoms with Gasteiger partial charge >= 0.3 is 0 Å². The summed E-state index contributed by atoms with van der Waals surface area (Å²) < 4.78 is 24.4. The molecule has 0 unspecified atom stereocenters. The van der Waals surface area contributed by atoms with E-state index >= 15 is 0 Å². The minimum absolute atomic E-state index is 0.0877. The van der Waals surface area contributed by atoms with Crippen LogP contribution in [0.5, 0.6) is 0 Å². The Labute approximate surface area is 140 Å². The number of rotatable bonds is 4. The van der Waals surface area contributed by atoms with E-state index in [0.29, 0.717) is 36.5 Å². The molecule has 1 fully saturated rings.